The first-order valence-electron chi connectivity index (χ1n) is 5.62. The molecule has 1 aromatic carbocycles. The van der Waals surface area contributed by atoms with Gasteiger partial charge in [0.2, 0.25) is 0 Å². The van der Waals surface area contributed by atoms with Crippen molar-refractivity contribution < 1.29 is 9.84 Å². The highest BCUT2D eigenvalue weighted by atomic mass is 35.5. The van der Waals surface area contributed by atoms with Crippen LogP contribution in [0.1, 0.15) is 17.4 Å². The summed E-state index contributed by atoms with van der Waals surface area (Å²) in [4.78, 5) is 4.19. The van der Waals surface area contributed by atoms with Crippen molar-refractivity contribution in [1.82, 2.24) is 4.98 Å². The number of ether oxygens (including phenoxy) is 1. The third-order valence-corrected chi connectivity index (χ3v) is 2.91. The molecule has 0 aliphatic heterocycles. The fraction of sp³-hybridized carbons (Fsp3) is 0.214. The summed E-state index contributed by atoms with van der Waals surface area (Å²) in [6.07, 6.45) is 1.45. The third-order valence-electron chi connectivity index (χ3n) is 2.68. The van der Waals surface area contributed by atoms with Gasteiger partial charge >= 0.3 is 0 Å². The van der Waals surface area contributed by atoms with Gasteiger partial charge < -0.3 is 9.84 Å². The van der Waals surface area contributed by atoms with Crippen LogP contribution in [0.5, 0.6) is 5.75 Å². The van der Waals surface area contributed by atoms with Gasteiger partial charge in [0.15, 0.2) is 0 Å². The van der Waals surface area contributed by atoms with Crippen molar-refractivity contribution in [2.75, 3.05) is 7.11 Å². The lowest BCUT2D eigenvalue weighted by molar-refractivity contribution is 0.173. The lowest BCUT2D eigenvalue weighted by atomic mass is 10.0. The molecule has 0 saturated heterocycles. The fourth-order valence-electron chi connectivity index (χ4n) is 1.79. The molecule has 0 amide bonds. The molecule has 2 rings (SSSR count). The molecule has 4 heteroatoms. The Morgan fingerprint density at radius 1 is 1.33 bits per heavy atom. The minimum Gasteiger partial charge on any atom is -0.496 e. The predicted molar refractivity (Wildman–Crippen MR) is 70.9 cm³/mol. The van der Waals surface area contributed by atoms with E-state index < -0.39 is 6.10 Å². The highest BCUT2D eigenvalue weighted by Crippen LogP contribution is 2.29. The van der Waals surface area contributed by atoms with Gasteiger partial charge in [-0.15, -0.1) is 0 Å². The summed E-state index contributed by atoms with van der Waals surface area (Å²) in [5.41, 5.74) is 1.50. The van der Waals surface area contributed by atoms with Crippen molar-refractivity contribution in [3.05, 3.63) is 58.9 Å². The zero-order chi connectivity index (χ0) is 13.0. The Balaban J connectivity index is 2.23. The lowest BCUT2D eigenvalue weighted by Gasteiger charge is -2.14. The maximum absolute atomic E-state index is 10.2. The number of hydrogen-bond donors (Lipinski definition) is 1. The van der Waals surface area contributed by atoms with Crippen LogP contribution < -0.4 is 4.74 Å². The molecule has 0 aliphatic carbocycles. The van der Waals surface area contributed by atoms with Crippen LogP contribution >= 0.6 is 11.6 Å². The summed E-state index contributed by atoms with van der Waals surface area (Å²) in [6.45, 7) is 0. The minimum absolute atomic E-state index is 0.428. The number of hydrogen-bond acceptors (Lipinski definition) is 3. The third kappa shape index (κ3) is 3.00. The second-order valence-corrected chi connectivity index (χ2v) is 4.36. The van der Waals surface area contributed by atoms with E-state index in [-0.39, 0.29) is 0 Å². The molecule has 0 fully saturated rings. The highest BCUT2D eigenvalue weighted by Gasteiger charge is 2.15. The Morgan fingerprint density at radius 3 is 2.83 bits per heavy atom. The van der Waals surface area contributed by atoms with E-state index in [0.29, 0.717) is 22.8 Å². The van der Waals surface area contributed by atoms with E-state index in [4.69, 9.17) is 16.3 Å². The lowest BCUT2D eigenvalue weighted by Crippen LogP contribution is -2.05. The minimum atomic E-state index is -0.687. The van der Waals surface area contributed by atoms with E-state index in [0.717, 1.165) is 5.69 Å². The van der Waals surface area contributed by atoms with Crippen LogP contribution in [0.4, 0.5) is 0 Å². The fourth-order valence-corrected chi connectivity index (χ4v) is 1.97. The molecule has 0 spiro atoms. The Kier molecular flexibility index (Phi) is 4.18. The molecule has 0 saturated carbocycles. The molecule has 94 valence electrons. The maximum atomic E-state index is 10.2. The smallest absolute Gasteiger partial charge is 0.124 e. The summed E-state index contributed by atoms with van der Waals surface area (Å²) in [5, 5.41) is 10.8. The van der Waals surface area contributed by atoms with Gasteiger partial charge in [-0.25, -0.2) is 0 Å². The Morgan fingerprint density at radius 2 is 2.17 bits per heavy atom. The second-order valence-electron chi connectivity index (χ2n) is 3.93. The van der Waals surface area contributed by atoms with E-state index in [1.165, 1.54) is 0 Å². The van der Waals surface area contributed by atoms with E-state index in [1.54, 1.807) is 31.5 Å². The topological polar surface area (TPSA) is 42.4 Å². The molecular weight excluding hydrogens is 250 g/mol. The Bertz CT molecular complexity index is 516. The SMILES string of the molecule is COc1ccc(Cl)cc1C(O)Cc1ccccn1. The van der Waals surface area contributed by atoms with Gasteiger partial charge in [-0.2, -0.15) is 0 Å². The Labute approximate surface area is 111 Å². The van der Waals surface area contributed by atoms with Crippen LogP contribution in [-0.2, 0) is 6.42 Å². The summed E-state index contributed by atoms with van der Waals surface area (Å²) < 4.78 is 5.22. The first kappa shape index (κ1) is 12.9. The van der Waals surface area contributed by atoms with Crippen molar-refractivity contribution in [2.24, 2.45) is 0 Å². The Hall–Kier alpha value is -1.58. The summed E-state index contributed by atoms with van der Waals surface area (Å²) >= 11 is 5.94. The average molecular weight is 264 g/mol. The van der Waals surface area contributed by atoms with Gasteiger partial charge in [-0.3, -0.25) is 4.98 Å². The molecular formula is C14H14ClNO2. The van der Waals surface area contributed by atoms with Gasteiger partial charge in [-0.05, 0) is 30.3 Å². The summed E-state index contributed by atoms with van der Waals surface area (Å²) in [7, 11) is 1.57. The van der Waals surface area contributed by atoms with Crippen molar-refractivity contribution in [2.45, 2.75) is 12.5 Å². The molecule has 0 radical (unpaired) electrons. The summed E-state index contributed by atoms with van der Waals surface area (Å²) in [6, 6.07) is 10.8. The van der Waals surface area contributed by atoms with Crippen LogP contribution in [0.3, 0.4) is 0 Å². The molecule has 1 aromatic heterocycles. The van der Waals surface area contributed by atoms with Gasteiger partial charge in [0.1, 0.15) is 5.75 Å². The number of aromatic nitrogens is 1. The monoisotopic (exact) mass is 263 g/mol. The molecule has 2 aromatic rings. The van der Waals surface area contributed by atoms with Gasteiger partial charge in [0.25, 0.3) is 0 Å². The first-order valence-corrected chi connectivity index (χ1v) is 6.00. The predicted octanol–water partition coefficient (Wildman–Crippen LogP) is 3.02. The van der Waals surface area contributed by atoms with Crippen molar-refractivity contribution in [3.63, 3.8) is 0 Å². The number of benzene rings is 1. The number of pyridine rings is 1. The van der Waals surface area contributed by atoms with Crippen LogP contribution in [-0.4, -0.2) is 17.2 Å². The molecule has 3 nitrogen and oxygen atoms in total. The van der Waals surface area contributed by atoms with Gasteiger partial charge in [0, 0.05) is 28.9 Å². The highest BCUT2D eigenvalue weighted by molar-refractivity contribution is 6.30. The van der Waals surface area contributed by atoms with Crippen molar-refractivity contribution in [1.29, 1.82) is 0 Å². The van der Waals surface area contributed by atoms with Crippen LogP contribution in [0, 0.1) is 0 Å². The largest absolute Gasteiger partial charge is 0.496 e. The van der Waals surface area contributed by atoms with Gasteiger partial charge in [0.05, 0.1) is 13.2 Å². The number of halogens is 1. The molecule has 18 heavy (non-hydrogen) atoms. The maximum Gasteiger partial charge on any atom is 0.124 e. The molecule has 1 unspecified atom stereocenters. The van der Waals surface area contributed by atoms with E-state index in [1.807, 2.05) is 18.2 Å². The quantitative estimate of drug-likeness (QED) is 0.922. The molecule has 1 N–H and O–H groups in total. The standard InChI is InChI=1S/C14H14ClNO2/c1-18-14-6-5-10(15)8-12(14)13(17)9-11-4-2-3-7-16-11/h2-8,13,17H,9H2,1H3. The van der Waals surface area contributed by atoms with E-state index in [9.17, 15) is 5.11 Å². The molecule has 0 aliphatic rings. The first-order chi connectivity index (χ1) is 8.70. The second kappa shape index (κ2) is 5.85. The zero-order valence-corrected chi connectivity index (χ0v) is 10.8. The van der Waals surface area contributed by atoms with Crippen LogP contribution in [0.15, 0.2) is 42.6 Å². The normalized spacial score (nSPS) is 12.2. The van der Waals surface area contributed by atoms with Crippen molar-refractivity contribution in [3.8, 4) is 5.75 Å². The number of nitrogens with zero attached hydrogens (tertiary/aromatic N) is 1. The zero-order valence-electron chi connectivity index (χ0n) is 10.0. The molecule has 0 bridgehead atoms. The van der Waals surface area contributed by atoms with Crippen LogP contribution in [0.25, 0.3) is 0 Å². The van der Waals surface area contributed by atoms with E-state index >= 15 is 0 Å². The number of aliphatic hydroxyl groups is 1. The van der Waals surface area contributed by atoms with Crippen molar-refractivity contribution >= 4 is 11.6 Å². The number of aliphatic hydroxyl groups excluding tert-OH is 1. The summed E-state index contributed by atoms with van der Waals surface area (Å²) in [5.74, 6) is 0.628. The van der Waals surface area contributed by atoms with Crippen LogP contribution in [0.2, 0.25) is 5.02 Å². The number of methoxy groups -OCH3 is 1. The number of rotatable bonds is 4. The average Bonchev–Trinajstić information content (AvgIpc) is 2.40. The van der Waals surface area contributed by atoms with E-state index in [2.05, 4.69) is 4.98 Å². The van der Waals surface area contributed by atoms with Gasteiger partial charge in [-0.1, -0.05) is 17.7 Å². The molecule has 1 heterocycles. The molecule has 1 atom stereocenters.